The van der Waals surface area contributed by atoms with Crippen molar-refractivity contribution >= 4 is 5.91 Å². The number of hydrogen-bond donors (Lipinski definition) is 3. The summed E-state index contributed by atoms with van der Waals surface area (Å²) in [5.41, 5.74) is 6.25. The summed E-state index contributed by atoms with van der Waals surface area (Å²) in [6, 6.07) is 10.3. The van der Waals surface area contributed by atoms with Crippen LogP contribution in [0, 0.1) is 0 Å². The van der Waals surface area contributed by atoms with Crippen molar-refractivity contribution in [1.82, 2.24) is 10.6 Å². The molecule has 0 spiro atoms. The molecular formula is C11H13N3O. The number of hydrogen-bond acceptors (Lipinski definition) is 3. The van der Waals surface area contributed by atoms with Gasteiger partial charge in [-0.05, 0) is 5.56 Å². The summed E-state index contributed by atoms with van der Waals surface area (Å²) in [6.45, 7) is 0.767. The van der Waals surface area contributed by atoms with E-state index in [2.05, 4.69) is 10.6 Å². The Morgan fingerprint density at radius 2 is 2.13 bits per heavy atom. The molecule has 0 radical (unpaired) electrons. The molecule has 1 unspecified atom stereocenters. The summed E-state index contributed by atoms with van der Waals surface area (Å²) in [5, 5.41) is 6.27. The summed E-state index contributed by atoms with van der Waals surface area (Å²) in [7, 11) is 0. The average molecular weight is 203 g/mol. The molecule has 1 heterocycles. The maximum absolute atomic E-state index is 10.7. The Balaban J connectivity index is 2.08. The first kappa shape index (κ1) is 9.58. The highest BCUT2D eigenvalue weighted by Crippen LogP contribution is 2.16. The van der Waals surface area contributed by atoms with Crippen LogP contribution in [0.5, 0.6) is 0 Å². The molecule has 1 aromatic rings. The average Bonchev–Trinajstić information content (AvgIpc) is 2.67. The lowest BCUT2D eigenvalue weighted by Crippen LogP contribution is -2.17. The summed E-state index contributed by atoms with van der Waals surface area (Å²) in [4.78, 5) is 10.7. The molecule has 1 fully saturated rings. The maximum atomic E-state index is 10.7. The monoisotopic (exact) mass is 203 g/mol. The fourth-order valence-corrected chi connectivity index (χ4v) is 1.62. The normalized spacial score (nSPS) is 22.1. The summed E-state index contributed by atoms with van der Waals surface area (Å²) >= 11 is 0. The van der Waals surface area contributed by atoms with Crippen molar-refractivity contribution in [2.75, 3.05) is 6.54 Å². The maximum Gasteiger partial charge on any atom is 0.245 e. The highest BCUT2D eigenvalue weighted by Gasteiger charge is 2.18. The second-order valence-corrected chi connectivity index (χ2v) is 3.45. The van der Waals surface area contributed by atoms with E-state index in [4.69, 9.17) is 5.73 Å². The lowest BCUT2D eigenvalue weighted by molar-refractivity contribution is -0.113. The first-order valence-electron chi connectivity index (χ1n) is 4.82. The molecule has 0 saturated carbocycles. The first-order chi connectivity index (χ1) is 7.25. The van der Waals surface area contributed by atoms with E-state index >= 15 is 0 Å². The van der Waals surface area contributed by atoms with E-state index in [0.29, 0.717) is 5.82 Å². The number of rotatable bonds is 2. The zero-order valence-corrected chi connectivity index (χ0v) is 8.23. The van der Waals surface area contributed by atoms with E-state index in [1.54, 1.807) is 0 Å². The predicted molar refractivity (Wildman–Crippen MR) is 57.6 cm³/mol. The van der Waals surface area contributed by atoms with Gasteiger partial charge in [0.2, 0.25) is 5.91 Å². The van der Waals surface area contributed by atoms with Crippen molar-refractivity contribution in [2.24, 2.45) is 5.73 Å². The molecule has 1 atom stereocenters. The Bertz CT molecular complexity index is 386. The van der Waals surface area contributed by atoms with Crippen LogP contribution in [-0.2, 0) is 4.79 Å². The molecule has 1 aliphatic heterocycles. The van der Waals surface area contributed by atoms with Crippen molar-refractivity contribution in [3.05, 3.63) is 47.8 Å². The fraction of sp³-hybridized carbons (Fsp3) is 0.182. The van der Waals surface area contributed by atoms with Gasteiger partial charge in [0, 0.05) is 12.6 Å². The Kier molecular flexibility index (Phi) is 2.58. The van der Waals surface area contributed by atoms with Gasteiger partial charge in [-0.3, -0.25) is 4.79 Å². The van der Waals surface area contributed by atoms with E-state index in [-0.39, 0.29) is 6.04 Å². The molecule has 1 amide bonds. The Hall–Kier alpha value is -1.97. The Labute approximate surface area is 88.2 Å². The molecule has 4 N–H and O–H groups in total. The van der Waals surface area contributed by atoms with E-state index in [9.17, 15) is 4.79 Å². The topological polar surface area (TPSA) is 67.2 Å². The van der Waals surface area contributed by atoms with Gasteiger partial charge in [-0.2, -0.15) is 0 Å². The second-order valence-electron chi connectivity index (χ2n) is 3.45. The number of nitrogens with two attached hydrogens (primary N) is 1. The summed E-state index contributed by atoms with van der Waals surface area (Å²) < 4.78 is 0. The number of carbonyl (C=O) groups is 1. The summed E-state index contributed by atoms with van der Waals surface area (Å²) in [5.74, 6) is 0.245. The van der Waals surface area contributed by atoms with E-state index in [1.165, 1.54) is 11.6 Å². The smallest absolute Gasteiger partial charge is 0.245 e. The molecule has 1 aliphatic rings. The molecule has 0 aromatic heterocycles. The van der Waals surface area contributed by atoms with Crippen LogP contribution in [0.25, 0.3) is 0 Å². The number of amides is 1. The molecule has 2 rings (SSSR count). The molecule has 1 saturated heterocycles. The second kappa shape index (κ2) is 4.04. The lowest BCUT2D eigenvalue weighted by Gasteiger charge is -2.08. The SMILES string of the molecule is NC(=O)/C=C1/NCC(c2ccccc2)N1. The zero-order valence-electron chi connectivity index (χ0n) is 8.23. The summed E-state index contributed by atoms with van der Waals surface area (Å²) in [6.07, 6.45) is 1.36. The minimum Gasteiger partial charge on any atom is -0.369 e. The zero-order chi connectivity index (χ0) is 10.7. The van der Waals surface area contributed by atoms with Crippen LogP contribution in [0.2, 0.25) is 0 Å². The van der Waals surface area contributed by atoms with Gasteiger partial charge in [0.05, 0.1) is 6.04 Å². The third-order valence-electron chi connectivity index (χ3n) is 2.31. The molecule has 78 valence electrons. The van der Waals surface area contributed by atoms with Gasteiger partial charge in [0.15, 0.2) is 0 Å². The van der Waals surface area contributed by atoms with Gasteiger partial charge in [-0.1, -0.05) is 30.3 Å². The predicted octanol–water partition coefficient (Wildman–Crippen LogP) is 0.247. The standard InChI is InChI=1S/C11H13N3O/c12-10(15)6-11-13-7-9(14-11)8-4-2-1-3-5-8/h1-6,9,13-14H,7H2,(H2,12,15)/b11-6-. The van der Waals surface area contributed by atoms with Crippen LogP contribution < -0.4 is 16.4 Å². The van der Waals surface area contributed by atoms with Gasteiger partial charge in [0.1, 0.15) is 5.82 Å². The first-order valence-corrected chi connectivity index (χ1v) is 4.82. The van der Waals surface area contributed by atoms with Crippen LogP contribution in [0.15, 0.2) is 42.2 Å². The minimum atomic E-state index is -0.446. The van der Waals surface area contributed by atoms with Crippen LogP contribution in [0.1, 0.15) is 11.6 Å². The van der Waals surface area contributed by atoms with Crippen LogP contribution >= 0.6 is 0 Å². The van der Waals surface area contributed by atoms with Crippen molar-refractivity contribution in [1.29, 1.82) is 0 Å². The Morgan fingerprint density at radius 3 is 2.80 bits per heavy atom. The number of nitrogens with one attached hydrogen (secondary N) is 2. The van der Waals surface area contributed by atoms with Crippen LogP contribution in [0.4, 0.5) is 0 Å². The molecule has 4 heteroatoms. The number of benzene rings is 1. The van der Waals surface area contributed by atoms with E-state index in [1.807, 2.05) is 30.3 Å². The van der Waals surface area contributed by atoms with E-state index < -0.39 is 5.91 Å². The quantitative estimate of drug-likeness (QED) is 0.603. The highest BCUT2D eigenvalue weighted by atomic mass is 16.1. The Morgan fingerprint density at radius 1 is 1.40 bits per heavy atom. The lowest BCUT2D eigenvalue weighted by atomic mass is 10.1. The molecule has 0 aliphatic carbocycles. The molecule has 15 heavy (non-hydrogen) atoms. The largest absolute Gasteiger partial charge is 0.369 e. The van der Waals surface area contributed by atoms with Gasteiger partial charge >= 0.3 is 0 Å². The third-order valence-corrected chi connectivity index (χ3v) is 2.31. The van der Waals surface area contributed by atoms with Gasteiger partial charge in [0.25, 0.3) is 0 Å². The van der Waals surface area contributed by atoms with Gasteiger partial charge < -0.3 is 16.4 Å². The van der Waals surface area contributed by atoms with Crippen LogP contribution in [-0.4, -0.2) is 12.5 Å². The minimum absolute atomic E-state index is 0.205. The van der Waals surface area contributed by atoms with E-state index in [0.717, 1.165) is 6.54 Å². The highest BCUT2D eigenvalue weighted by molar-refractivity contribution is 5.86. The van der Waals surface area contributed by atoms with Crippen molar-refractivity contribution in [3.8, 4) is 0 Å². The molecule has 4 nitrogen and oxygen atoms in total. The van der Waals surface area contributed by atoms with Crippen molar-refractivity contribution in [3.63, 3.8) is 0 Å². The fourth-order valence-electron chi connectivity index (χ4n) is 1.62. The van der Waals surface area contributed by atoms with Crippen molar-refractivity contribution in [2.45, 2.75) is 6.04 Å². The third kappa shape index (κ3) is 2.28. The number of carbonyl (C=O) groups excluding carboxylic acids is 1. The number of primary amides is 1. The molecule has 1 aromatic carbocycles. The van der Waals surface area contributed by atoms with Gasteiger partial charge in [-0.25, -0.2) is 0 Å². The molecule has 0 bridgehead atoms. The molecular weight excluding hydrogens is 190 g/mol. The van der Waals surface area contributed by atoms with Gasteiger partial charge in [-0.15, -0.1) is 0 Å². The van der Waals surface area contributed by atoms with Crippen molar-refractivity contribution < 1.29 is 4.79 Å². The van der Waals surface area contributed by atoms with Crippen LogP contribution in [0.3, 0.4) is 0 Å².